The summed E-state index contributed by atoms with van der Waals surface area (Å²) in [7, 11) is 0. The van der Waals surface area contributed by atoms with Crippen LogP contribution in [-0.2, 0) is 9.63 Å². The zero-order chi connectivity index (χ0) is 15.1. The molecular formula is C15H15NO4. The summed E-state index contributed by atoms with van der Waals surface area (Å²) in [6, 6.07) is 6.33. The largest absolute Gasteiger partial charge is 0.342 e. The van der Waals surface area contributed by atoms with Crippen molar-refractivity contribution in [2.24, 2.45) is 5.41 Å². The molecular weight excluding hydrogens is 258 g/mol. The Balaban J connectivity index is 2.26. The quantitative estimate of drug-likeness (QED) is 0.626. The molecule has 0 fully saturated rings. The lowest BCUT2D eigenvalue weighted by molar-refractivity contribution is -0.177. The molecule has 104 valence electrons. The molecule has 5 heteroatoms. The Labute approximate surface area is 116 Å². The van der Waals surface area contributed by atoms with Crippen molar-refractivity contribution < 1.29 is 19.2 Å². The van der Waals surface area contributed by atoms with Crippen LogP contribution in [0.1, 0.15) is 41.5 Å². The van der Waals surface area contributed by atoms with E-state index >= 15 is 0 Å². The summed E-state index contributed by atoms with van der Waals surface area (Å²) in [4.78, 5) is 41.1. The van der Waals surface area contributed by atoms with Crippen molar-refractivity contribution in [1.29, 1.82) is 0 Å². The van der Waals surface area contributed by atoms with Crippen molar-refractivity contribution in [3.63, 3.8) is 0 Å². The molecule has 1 heterocycles. The van der Waals surface area contributed by atoms with Gasteiger partial charge >= 0.3 is 5.97 Å². The van der Waals surface area contributed by atoms with Gasteiger partial charge < -0.3 is 4.84 Å². The van der Waals surface area contributed by atoms with Gasteiger partial charge in [-0.25, -0.2) is 4.79 Å². The average molecular weight is 273 g/mol. The molecule has 0 saturated carbocycles. The first-order valence-corrected chi connectivity index (χ1v) is 6.13. The molecule has 0 bridgehead atoms. The first-order valence-electron chi connectivity index (χ1n) is 6.13. The minimum Gasteiger partial charge on any atom is -0.329 e. The molecule has 0 unspecified atom stereocenters. The number of hydrogen-bond donors (Lipinski definition) is 0. The summed E-state index contributed by atoms with van der Waals surface area (Å²) in [6.45, 7) is 8.64. The van der Waals surface area contributed by atoms with Crippen LogP contribution in [0.25, 0.3) is 0 Å². The van der Waals surface area contributed by atoms with Gasteiger partial charge in [-0.1, -0.05) is 29.3 Å². The molecule has 0 aromatic heterocycles. The zero-order valence-electron chi connectivity index (χ0n) is 11.6. The number of hydrogen-bond acceptors (Lipinski definition) is 4. The highest BCUT2D eigenvalue weighted by atomic mass is 16.7. The highest BCUT2D eigenvalue weighted by Crippen LogP contribution is 2.29. The topological polar surface area (TPSA) is 63.7 Å². The fraction of sp³-hybridized carbons (Fsp3) is 0.267. The van der Waals surface area contributed by atoms with Crippen LogP contribution in [0.5, 0.6) is 0 Å². The lowest BCUT2D eigenvalue weighted by atomic mass is 9.86. The van der Waals surface area contributed by atoms with Crippen molar-refractivity contribution in [1.82, 2.24) is 5.06 Å². The third-order valence-electron chi connectivity index (χ3n) is 3.51. The number of fused-ring (bicyclic) bond motifs is 1. The Hall–Kier alpha value is -2.43. The van der Waals surface area contributed by atoms with Gasteiger partial charge in [-0.3, -0.25) is 9.59 Å². The van der Waals surface area contributed by atoms with Crippen LogP contribution in [0.3, 0.4) is 0 Å². The number of rotatable bonds is 3. The number of benzene rings is 1. The summed E-state index contributed by atoms with van der Waals surface area (Å²) in [5, 5.41) is 0.512. The van der Waals surface area contributed by atoms with Gasteiger partial charge in [-0.05, 0) is 32.9 Å². The van der Waals surface area contributed by atoms with Crippen LogP contribution < -0.4 is 0 Å². The minimum atomic E-state index is -0.977. The van der Waals surface area contributed by atoms with E-state index in [1.807, 2.05) is 0 Å². The summed E-state index contributed by atoms with van der Waals surface area (Å²) < 4.78 is 0. The molecule has 1 aliphatic heterocycles. The third kappa shape index (κ3) is 2.01. The maximum absolute atomic E-state index is 12.1. The molecule has 2 amide bonds. The number of carbonyl (C=O) groups excluding carboxylic acids is 3. The second kappa shape index (κ2) is 4.59. The number of nitrogens with zero attached hydrogens (tertiary/aromatic N) is 1. The predicted molar refractivity (Wildman–Crippen MR) is 71.6 cm³/mol. The molecule has 0 atom stereocenters. The average Bonchev–Trinajstić information content (AvgIpc) is 2.64. The monoisotopic (exact) mass is 273 g/mol. The van der Waals surface area contributed by atoms with Gasteiger partial charge in [0.15, 0.2) is 0 Å². The summed E-state index contributed by atoms with van der Waals surface area (Å²) in [5.41, 5.74) is 0.0750. The Morgan fingerprint density at radius 1 is 1.15 bits per heavy atom. The third-order valence-corrected chi connectivity index (χ3v) is 3.51. The first-order chi connectivity index (χ1) is 9.26. The number of amides is 2. The second-order valence-electron chi connectivity index (χ2n) is 5.23. The van der Waals surface area contributed by atoms with Gasteiger partial charge in [-0.15, -0.1) is 0 Å². The van der Waals surface area contributed by atoms with E-state index in [0.29, 0.717) is 10.6 Å². The maximum Gasteiger partial charge on any atom is 0.342 e. The van der Waals surface area contributed by atoms with Gasteiger partial charge in [0.05, 0.1) is 16.5 Å². The molecule has 0 radical (unpaired) electrons. The maximum atomic E-state index is 12.1. The molecule has 20 heavy (non-hydrogen) atoms. The minimum absolute atomic E-state index is 0.235. The first kappa shape index (κ1) is 14.0. The van der Waals surface area contributed by atoms with Gasteiger partial charge in [0.1, 0.15) is 0 Å². The number of carbonyl (C=O) groups is 3. The summed E-state index contributed by atoms with van der Waals surface area (Å²) in [6.07, 6.45) is 0. The summed E-state index contributed by atoms with van der Waals surface area (Å²) in [5.74, 6) is -1.95. The molecule has 0 aliphatic carbocycles. The molecule has 1 aliphatic rings. The Kier molecular flexibility index (Phi) is 3.21. The van der Waals surface area contributed by atoms with Gasteiger partial charge in [-0.2, -0.15) is 0 Å². The van der Waals surface area contributed by atoms with Crippen LogP contribution in [0.2, 0.25) is 0 Å². The second-order valence-corrected chi connectivity index (χ2v) is 5.23. The van der Waals surface area contributed by atoms with Crippen molar-refractivity contribution in [2.45, 2.75) is 20.8 Å². The van der Waals surface area contributed by atoms with Crippen LogP contribution in [0, 0.1) is 5.41 Å². The van der Waals surface area contributed by atoms with E-state index in [0.717, 1.165) is 0 Å². The van der Waals surface area contributed by atoms with Crippen molar-refractivity contribution in [2.75, 3.05) is 0 Å². The van der Waals surface area contributed by atoms with Crippen molar-refractivity contribution in [3.05, 3.63) is 47.5 Å². The number of hydroxylamine groups is 2. The highest BCUT2D eigenvalue weighted by molar-refractivity contribution is 6.20. The van der Waals surface area contributed by atoms with Crippen LogP contribution in [-0.4, -0.2) is 22.8 Å². The van der Waals surface area contributed by atoms with E-state index in [1.54, 1.807) is 32.9 Å². The number of imide groups is 1. The van der Waals surface area contributed by atoms with Crippen LogP contribution in [0.4, 0.5) is 0 Å². The molecule has 0 N–H and O–H groups in total. The lowest BCUT2D eigenvalue weighted by Gasteiger charge is -2.24. The van der Waals surface area contributed by atoms with E-state index in [9.17, 15) is 14.4 Å². The van der Waals surface area contributed by atoms with Crippen molar-refractivity contribution in [3.8, 4) is 0 Å². The zero-order valence-corrected chi connectivity index (χ0v) is 11.6. The summed E-state index contributed by atoms with van der Waals surface area (Å²) >= 11 is 0. The molecule has 1 aromatic carbocycles. The normalized spacial score (nSPS) is 14.2. The molecule has 5 nitrogen and oxygen atoms in total. The SMILES string of the molecule is C=C(C)C(C)(C)C(=O)ON1C(=O)c2ccccc2C1=O. The standard InChI is InChI=1S/C15H15NO4/c1-9(2)15(3,4)14(19)20-16-12(17)10-7-5-6-8-11(10)13(16)18/h5-8H,1H2,2-4H3. The lowest BCUT2D eigenvalue weighted by Crippen LogP contribution is -2.38. The van der Waals surface area contributed by atoms with Crippen molar-refractivity contribution >= 4 is 17.8 Å². The smallest absolute Gasteiger partial charge is 0.329 e. The fourth-order valence-electron chi connectivity index (χ4n) is 1.62. The molecule has 2 rings (SSSR count). The van der Waals surface area contributed by atoms with Gasteiger partial charge in [0.2, 0.25) is 0 Å². The molecule has 0 spiro atoms. The molecule has 1 aromatic rings. The fourth-order valence-corrected chi connectivity index (χ4v) is 1.62. The Morgan fingerprint density at radius 3 is 2.00 bits per heavy atom. The van der Waals surface area contributed by atoms with Gasteiger partial charge in [0.25, 0.3) is 11.8 Å². The Bertz CT molecular complexity index is 596. The van der Waals surface area contributed by atoms with E-state index in [1.165, 1.54) is 12.1 Å². The van der Waals surface area contributed by atoms with E-state index in [2.05, 4.69) is 6.58 Å². The van der Waals surface area contributed by atoms with Crippen LogP contribution >= 0.6 is 0 Å². The van der Waals surface area contributed by atoms with Gasteiger partial charge in [0, 0.05) is 0 Å². The predicted octanol–water partition coefficient (Wildman–Crippen LogP) is 2.34. The van der Waals surface area contributed by atoms with E-state index in [-0.39, 0.29) is 11.1 Å². The highest BCUT2D eigenvalue weighted by Gasteiger charge is 2.41. The van der Waals surface area contributed by atoms with E-state index in [4.69, 9.17) is 4.84 Å². The Morgan fingerprint density at radius 2 is 1.60 bits per heavy atom. The molecule has 0 saturated heterocycles. The van der Waals surface area contributed by atoms with Crippen LogP contribution in [0.15, 0.2) is 36.4 Å². The van der Waals surface area contributed by atoms with E-state index < -0.39 is 23.2 Å².